The van der Waals surface area contributed by atoms with Gasteiger partial charge in [-0.2, -0.15) is 0 Å². The number of nitrogens with zero attached hydrogens (tertiary/aromatic N) is 4. The maximum atomic E-state index is 12.7. The lowest BCUT2D eigenvalue weighted by atomic mass is 9.95. The van der Waals surface area contributed by atoms with E-state index in [4.69, 9.17) is 0 Å². The van der Waals surface area contributed by atoms with Crippen LogP contribution in [0.1, 0.15) is 55.8 Å². The van der Waals surface area contributed by atoms with Crippen LogP contribution >= 0.6 is 23.1 Å². The fourth-order valence-corrected chi connectivity index (χ4v) is 5.59. The van der Waals surface area contributed by atoms with Crippen molar-refractivity contribution in [2.75, 3.05) is 13.1 Å². The minimum Gasteiger partial charge on any atom is -0.336 e. The predicted octanol–water partition coefficient (Wildman–Crippen LogP) is 3.47. The van der Waals surface area contributed by atoms with Crippen molar-refractivity contribution in [2.45, 2.75) is 61.9 Å². The number of nitrogens with one attached hydrogen (secondary N) is 1. The Morgan fingerprint density at radius 3 is 2.86 bits per heavy atom. The lowest BCUT2D eigenvalue weighted by Crippen LogP contribution is -2.39. The summed E-state index contributed by atoms with van der Waals surface area (Å²) in [7, 11) is 0. The molecule has 7 nitrogen and oxygen atoms in total. The molecule has 1 saturated heterocycles. The second kappa shape index (κ2) is 8.65. The van der Waals surface area contributed by atoms with Crippen molar-refractivity contribution < 1.29 is 9.59 Å². The topological polar surface area (TPSA) is 80.1 Å². The smallest absolute Gasteiger partial charge is 0.324 e. The summed E-state index contributed by atoms with van der Waals surface area (Å²) >= 11 is 3.14. The lowest BCUT2D eigenvalue weighted by Gasteiger charge is -2.26. The summed E-state index contributed by atoms with van der Waals surface area (Å²) in [6.45, 7) is 2.80. The molecule has 2 aromatic heterocycles. The van der Waals surface area contributed by atoms with Gasteiger partial charge in [-0.3, -0.25) is 9.69 Å². The summed E-state index contributed by atoms with van der Waals surface area (Å²) < 4.78 is 2.26. The molecule has 1 aliphatic carbocycles. The van der Waals surface area contributed by atoms with E-state index in [1.54, 1.807) is 11.3 Å². The minimum absolute atomic E-state index is 0.169. The molecule has 2 fully saturated rings. The molecule has 3 amide bonds. The molecule has 0 aromatic carbocycles. The Morgan fingerprint density at radius 1 is 1.36 bits per heavy atom. The second-order valence-corrected chi connectivity index (χ2v) is 9.64. The molecule has 0 radical (unpaired) electrons. The number of amides is 3. The molecule has 1 N–H and O–H groups in total. The number of imide groups is 1. The standard InChI is InChI=1S/C19H25N5O2S2/c1-13(17(25)23-10-9-20-18(23)26)28-19-22-21-16(12-15-8-5-11-27-15)24(19)14-6-3-2-4-7-14/h5,8,11,13-14H,2-4,6-7,9-10,12H2,1H3,(H,20,26). The third kappa shape index (κ3) is 4.10. The first-order valence-electron chi connectivity index (χ1n) is 9.85. The molecular formula is C19H25N5O2S2. The number of carbonyl (C=O) groups is 2. The van der Waals surface area contributed by atoms with Gasteiger partial charge in [0.05, 0.1) is 5.25 Å². The summed E-state index contributed by atoms with van der Waals surface area (Å²) in [6.07, 6.45) is 6.72. The molecule has 0 bridgehead atoms. The fourth-order valence-electron chi connectivity index (χ4n) is 3.89. The molecule has 1 atom stereocenters. The van der Waals surface area contributed by atoms with Crippen molar-refractivity contribution in [2.24, 2.45) is 0 Å². The fraction of sp³-hybridized carbons (Fsp3) is 0.579. The Bertz CT molecular complexity index is 830. The normalized spacial score (nSPS) is 19.0. The first-order chi connectivity index (χ1) is 13.6. The van der Waals surface area contributed by atoms with Crippen LogP contribution in [-0.2, 0) is 11.2 Å². The van der Waals surface area contributed by atoms with Crippen LogP contribution < -0.4 is 5.32 Å². The van der Waals surface area contributed by atoms with Crippen LogP contribution in [0, 0.1) is 0 Å². The van der Waals surface area contributed by atoms with Gasteiger partial charge in [-0.1, -0.05) is 37.1 Å². The summed E-state index contributed by atoms with van der Waals surface area (Å²) in [5.41, 5.74) is 0. The highest BCUT2D eigenvalue weighted by molar-refractivity contribution is 8.00. The molecule has 0 spiro atoms. The highest BCUT2D eigenvalue weighted by Crippen LogP contribution is 2.35. The number of hydrogen-bond donors (Lipinski definition) is 1. The number of thioether (sulfide) groups is 1. The number of urea groups is 1. The predicted molar refractivity (Wildman–Crippen MR) is 110 cm³/mol. The third-order valence-corrected chi connectivity index (χ3v) is 7.26. The van der Waals surface area contributed by atoms with Crippen molar-refractivity contribution >= 4 is 35.0 Å². The van der Waals surface area contributed by atoms with Crippen molar-refractivity contribution in [3.05, 3.63) is 28.2 Å². The van der Waals surface area contributed by atoms with E-state index in [0.29, 0.717) is 19.1 Å². The zero-order valence-electron chi connectivity index (χ0n) is 16.0. The summed E-state index contributed by atoms with van der Waals surface area (Å²) in [4.78, 5) is 27.1. The highest BCUT2D eigenvalue weighted by atomic mass is 32.2. The second-order valence-electron chi connectivity index (χ2n) is 7.30. The summed E-state index contributed by atoms with van der Waals surface area (Å²) in [5, 5.41) is 14.1. The van der Waals surface area contributed by atoms with Gasteiger partial charge in [0.15, 0.2) is 5.16 Å². The maximum absolute atomic E-state index is 12.7. The SMILES string of the molecule is CC(Sc1nnc(Cc2cccs2)n1C1CCCCC1)C(=O)N1CCNC1=O. The van der Waals surface area contributed by atoms with Gasteiger partial charge in [-0.15, -0.1) is 21.5 Å². The average Bonchev–Trinajstić information content (AvgIpc) is 3.44. The Labute approximate surface area is 172 Å². The van der Waals surface area contributed by atoms with Crippen molar-refractivity contribution in [1.29, 1.82) is 0 Å². The van der Waals surface area contributed by atoms with Gasteiger partial charge >= 0.3 is 6.03 Å². The number of thiophene rings is 1. The van der Waals surface area contributed by atoms with Gasteiger partial charge in [0.1, 0.15) is 5.82 Å². The van der Waals surface area contributed by atoms with Crippen LogP contribution in [-0.4, -0.2) is 49.9 Å². The van der Waals surface area contributed by atoms with Crippen LogP contribution in [0.4, 0.5) is 4.79 Å². The van der Waals surface area contributed by atoms with E-state index in [0.717, 1.165) is 30.2 Å². The molecule has 2 aliphatic rings. The Morgan fingerprint density at radius 2 is 2.18 bits per heavy atom. The molecule has 3 heterocycles. The van der Waals surface area contributed by atoms with Gasteiger partial charge in [0.25, 0.3) is 0 Å². The molecule has 9 heteroatoms. The van der Waals surface area contributed by atoms with Gasteiger partial charge in [-0.25, -0.2) is 4.79 Å². The largest absolute Gasteiger partial charge is 0.336 e. The van der Waals surface area contributed by atoms with E-state index in [2.05, 4.69) is 37.6 Å². The van der Waals surface area contributed by atoms with Crippen molar-refractivity contribution in [1.82, 2.24) is 25.0 Å². The van der Waals surface area contributed by atoms with Gasteiger partial charge in [-0.05, 0) is 31.2 Å². The quantitative estimate of drug-likeness (QED) is 0.725. The van der Waals surface area contributed by atoms with Gasteiger partial charge in [0, 0.05) is 30.4 Å². The van der Waals surface area contributed by atoms with Crippen LogP contribution in [0.15, 0.2) is 22.7 Å². The minimum atomic E-state index is -0.384. The van der Waals surface area contributed by atoms with E-state index < -0.39 is 0 Å². The first kappa shape index (κ1) is 19.4. The van der Waals surface area contributed by atoms with Crippen LogP contribution in [0.5, 0.6) is 0 Å². The first-order valence-corrected chi connectivity index (χ1v) is 11.6. The molecule has 4 rings (SSSR count). The maximum Gasteiger partial charge on any atom is 0.324 e. The van der Waals surface area contributed by atoms with E-state index in [1.807, 2.05) is 6.92 Å². The molecule has 28 heavy (non-hydrogen) atoms. The Hall–Kier alpha value is -1.87. The summed E-state index contributed by atoms with van der Waals surface area (Å²) in [6, 6.07) is 4.26. The lowest BCUT2D eigenvalue weighted by molar-refractivity contribution is -0.126. The van der Waals surface area contributed by atoms with Crippen LogP contribution in [0.2, 0.25) is 0 Å². The van der Waals surface area contributed by atoms with E-state index in [-0.39, 0.29) is 17.2 Å². The van der Waals surface area contributed by atoms with Gasteiger partial charge < -0.3 is 9.88 Å². The number of aromatic nitrogens is 3. The monoisotopic (exact) mass is 419 g/mol. The van der Waals surface area contributed by atoms with Crippen molar-refractivity contribution in [3.8, 4) is 0 Å². The molecule has 1 aliphatic heterocycles. The van der Waals surface area contributed by atoms with Crippen molar-refractivity contribution in [3.63, 3.8) is 0 Å². The third-order valence-electron chi connectivity index (χ3n) is 5.34. The molecule has 1 unspecified atom stereocenters. The molecule has 1 saturated carbocycles. The molecule has 2 aromatic rings. The van der Waals surface area contributed by atoms with Crippen LogP contribution in [0.3, 0.4) is 0 Å². The summed E-state index contributed by atoms with van der Waals surface area (Å²) in [5.74, 6) is 0.799. The number of carbonyl (C=O) groups excluding carboxylic acids is 2. The molecule has 150 valence electrons. The van der Waals surface area contributed by atoms with Gasteiger partial charge in [0.2, 0.25) is 5.91 Å². The Balaban J connectivity index is 1.56. The highest BCUT2D eigenvalue weighted by Gasteiger charge is 2.32. The van der Waals surface area contributed by atoms with E-state index in [9.17, 15) is 9.59 Å². The number of rotatable bonds is 6. The number of hydrogen-bond acceptors (Lipinski definition) is 6. The Kier molecular flexibility index (Phi) is 6.01. The zero-order valence-corrected chi connectivity index (χ0v) is 17.6. The van der Waals surface area contributed by atoms with Crippen LogP contribution in [0.25, 0.3) is 0 Å². The zero-order chi connectivity index (χ0) is 19.5. The van der Waals surface area contributed by atoms with E-state index in [1.165, 1.54) is 40.8 Å². The average molecular weight is 420 g/mol. The van der Waals surface area contributed by atoms with E-state index >= 15 is 0 Å². The molecular weight excluding hydrogens is 394 g/mol.